The van der Waals surface area contributed by atoms with Gasteiger partial charge in [0.25, 0.3) is 0 Å². The van der Waals surface area contributed by atoms with E-state index >= 15 is 0 Å². The summed E-state index contributed by atoms with van der Waals surface area (Å²) in [6.45, 7) is 7.77. The summed E-state index contributed by atoms with van der Waals surface area (Å²) in [5.74, 6) is 0.663. The van der Waals surface area contributed by atoms with Gasteiger partial charge in [-0.15, -0.1) is 21.5 Å². The molecule has 3 heterocycles. The standard InChI is InChI=1S/C19H22N4O4S2/c1-10(2)23-16(13-7-6-8-27-13)21-22-19(23)28-9-14(24)20-17-15(18(25)26-5)11(3)12(4)29-17/h6-8,10H,9H2,1-5H3,(H,20,24). The fraction of sp³-hybridized carbons (Fsp3) is 0.368. The highest BCUT2D eigenvalue weighted by atomic mass is 32.2. The smallest absolute Gasteiger partial charge is 0.341 e. The molecule has 0 bridgehead atoms. The van der Waals surface area contributed by atoms with E-state index in [-0.39, 0.29) is 17.7 Å². The number of anilines is 1. The highest BCUT2D eigenvalue weighted by Crippen LogP contribution is 2.33. The number of nitrogens with zero attached hydrogens (tertiary/aromatic N) is 3. The van der Waals surface area contributed by atoms with Gasteiger partial charge in [-0.05, 0) is 45.4 Å². The number of rotatable bonds is 7. The molecule has 3 aromatic rings. The number of hydrogen-bond acceptors (Lipinski definition) is 8. The van der Waals surface area contributed by atoms with Crippen molar-refractivity contribution in [1.82, 2.24) is 14.8 Å². The largest absolute Gasteiger partial charge is 0.465 e. The van der Waals surface area contributed by atoms with E-state index in [9.17, 15) is 9.59 Å². The summed E-state index contributed by atoms with van der Waals surface area (Å²) in [5.41, 5.74) is 1.21. The molecule has 0 radical (unpaired) electrons. The first-order valence-corrected chi connectivity index (χ1v) is 10.7. The number of methoxy groups -OCH3 is 1. The second-order valence-electron chi connectivity index (χ2n) is 6.56. The number of thiophene rings is 1. The SMILES string of the molecule is COC(=O)c1c(NC(=O)CSc2nnc(-c3ccco3)n2C(C)C)sc(C)c1C. The normalized spacial score (nSPS) is 11.1. The van der Waals surface area contributed by atoms with Crippen LogP contribution in [0.1, 0.15) is 40.7 Å². The third-order valence-electron chi connectivity index (χ3n) is 4.28. The second kappa shape index (κ2) is 8.83. The lowest BCUT2D eigenvalue weighted by Crippen LogP contribution is -2.16. The molecular formula is C19H22N4O4S2. The molecule has 0 aromatic carbocycles. The van der Waals surface area contributed by atoms with Crippen LogP contribution in [0.4, 0.5) is 5.00 Å². The average Bonchev–Trinajstić information content (AvgIpc) is 3.39. The van der Waals surface area contributed by atoms with Crippen molar-refractivity contribution in [2.75, 3.05) is 18.2 Å². The summed E-state index contributed by atoms with van der Waals surface area (Å²) in [5, 5.41) is 12.4. The molecule has 3 aromatic heterocycles. The van der Waals surface area contributed by atoms with Crippen molar-refractivity contribution in [3.05, 3.63) is 34.4 Å². The Kier molecular flexibility index (Phi) is 6.43. The number of esters is 1. The predicted octanol–water partition coefficient (Wildman–Crippen LogP) is 4.31. The van der Waals surface area contributed by atoms with Crippen molar-refractivity contribution in [1.29, 1.82) is 0 Å². The van der Waals surface area contributed by atoms with Gasteiger partial charge in [0.1, 0.15) is 5.00 Å². The Labute approximate surface area is 176 Å². The van der Waals surface area contributed by atoms with Crippen LogP contribution in [0.3, 0.4) is 0 Å². The number of furan rings is 1. The number of carbonyl (C=O) groups excluding carboxylic acids is 2. The molecule has 0 aliphatic rings. The van der Waals surface area contributed by atoms with E-state index in [1.165, 1.54) is 30.2 Å². The molecule has 10 heteroatoms. The maximum atomic E-state index is 12.5. The number of hydrogen-bond donors (Lipinski definition) is 1. The van der Waals surface area contributed by atoms with Gasteiger partial charge in [0.15, 0.2) is 10.9 Å². The van der Waals surface area contributed by atoms with E-state index in [2.05, 4.69) is 15.5 Å². The van der Waals surface area contributed by atoms with Crippen molar-refractivity contribution >= 4 is 40.0 Å². The first-order valence-electron chi connectivity index (χ1n) is 8.93. The van der Waals surface area contributed by atoms with Crippen molar-refractivity contribution in [3.8, 4) is 11.6 Å². The molecule has 154 valence electrons. The number of aromatic nitrogens is 3. The molecular weight excluding hydrogens is 412 g/mol. The zero-order valence-electron chi connectivity index (χ0n) is 16.8. The van der Waals surface area contributed by atoms with Crippen LogP contribution < -0.4 is 5.32 Å². The number of aryl methyl sites for hydroxylation is 1. The number of carbonyl (C=O) groups is 2. The third-order valence-corrected chi connectivity index (χ3v) is 6.35. The van der Waals surface area contributed by atoms with Gasteiger partial charge in [-0.3, -0.25) is 9.36 Å². The first-order chi connectivity index (χ1) is 13.8. The van der Waals surface area contributed by atoms with Crippen molar-refractivity contribution in [2.24, 2.45) is 0 Å². The topological polar surface area (TPSA) is 99.2 Å². The van der Waals surface area contributed by atoms with E-state index < -0.39 is 5.97 Å². The number of amides is 1. The summed E-state index contributed by atoms with van der Waals surface area (Å²) >= 11 is 2.63. The number of thioether (sulfide) groups is 1. The first kappa shape index (κ1) is 21.1. The Morgan fingerprint density at radius 3 is 2.72 bits per heavy atom. The number of ether oxygens (including phenoxy) is 1. The van der Waals surface area contributed by atoms with Gasteiger partial charge < -0.3 is 14.5 Å². The van der Waals surface area contributed by atoms with E-state index in [0.717, 1.165) is 10.4 Å². The van der Waals surface area contributed by atoms with Gasteiger partial charge in [0.05, 0.1) is 24.7 Å². The molecule has 0 aliphatic heterocycles. The van der Waals surface area contributed by atoms with Crippen LogP contribution in [-0.4, -0.2) is 39.5 Å². The lowest BCUT2D eigenvalue weighted by Gasteiger charge is -2.12. The van der Waals surface area contributed by atoms with E-state index in [4.69, 9.17) is 9.15 Å². The van der Waals surface area contributed by atoms with Crippen molar-refractivity contribution < 1.29 is 18.7 Å². The van der Waals surface area contributed by atoms with Gasteiger partial charge in [0.2, 0.25) is 11.7 Å². The minimum atomic E-state index is -0.461. The molecule has 3 rings (SSSR count). The molecule has 0 saturated carbocycles. The van der Waals surface area contributed by atoms with Gasteiger partial charge in [0, 0.05) is 10.9 Å². The van der Waals surface area contributed by atoms with Crippen LogP contribution in [0.5, 0.6) is 0 Å². The van der Waals surface area contributed by atoms with E-state index in [1.807, 2.05) is 38.3 Å². The molecule has 8 nitrogen and oxygen atoms in total. The fourth-order valence-electron chi connectivity index (χ4n) is 2.77. The summed E-state index contributed by atoms with van der Waals surface area (Å²) in [6, 6.07) is 3.70. The maximum Gasteiger partial charge on any atom is 0.341 e. The monoisotopic (exact) mass is 434 g/mol. The van der Waals surface area contributed by atoms with Gasteiger partial charge in [-0.1, -0.05) is 11.8 Å². The van der Waals surface area contributed by atoms with Gasteiger partial charge in [-0.25, -0.2) is 4.79 Å². The van der Waals surface area contributed by atoms with E-state index in [0.29, 0.717) is 27.3 Å². The molecule has 29 heavy (non-hydrogen) atoms. The molecule has 0 aliphatic carbocycles. The third kappa shape index (κ3) is 4.38. The van der Waals surface area contributed by atoms with E-state index in [1.54, 1.807) is 12.3 Å². The summed E-state index contributed by atoms with van der Waals surface area (Å²) in [4.78, 5) is 25.5. The lowest BCUT2D eigenvalue weighted by molar-refractivity contribution is -0.113. The van der Waals surface area contributed by atoms with Crippen molar-refractivity contribution in [3.63, 3.8) is 0 Å². The Morgan fingerprint density at radius 2 is 2.10 bits per heavy atom. The highest BCUT2D eigenvalue weighted by Gasteiger charge is 2.23. The second-order valence-corrected chi connectivity index (χ2v) is 8.73. The number of nitrogens with one attached hydrogen (secondary N) is 1. The quantitative estimate of drug-likeness (QED) is 0.437. The fourth-order valence-corrected chi connectivity index (χ4v) is 4.70. The van der Waals surface area contributed by atoms with Crippen LogP contribution in [0.15, 0.2) is 28.0 Å². The summed E-state index contributed by atoms with van der Waals surface area (Å²) < 4.78 is 12.2. The van der Waals surface area contributed by atoms with Crippen LogP contribution in [0.25, 0.3) is 11.6 Å². The molecule has 0 atom stereocenters. The average molecular weight is 435 g/mol. The van der Waals surface area contributed by atoms with Crippen LogP contribution in [0.2, 0.25) is 0 Å². The lowest BCUT2D eigenvalue weighted by atomic mass is 10.1. The molecule has 0 unspecified atom stereocenters. The molecule has 0 fully saturated rings. The minimum Gasteiger partial charge on any atom is -0.465 e. The van der Waals surface area contributed by atoms with Gasteiger partial charge >= 0.3 is 5.97 Å². The molecule has 0 spiro atoms. The zero-order chi connectivity index (χ0) is 21.1. The van der Waals surface area contributed by atoms with Crippen LogP contribution >= 0.6 is 23.1 Å². The minimum absolute atomic E-state index is 0.0872. The zero-order valence-corrected chi connectivity index (χ0v) is 18.4. The van der Waals surface area contributed by atoms with Crippen LogP contribution in [-0.2, 0) is 9.53 Å². The predicted molar refractivity (Wildman–Crippen MR) is 113 cm³/mol. The summed E-state index contributed by atoms with van der Waals surface area (Å²) in [6.07, 6.45) is 1.58. The van der Waals surface area contributed by atoms with Crippen molar-refractivity contribution in [2.45, 2.75) is 38.9 Å². The van der Waals surface area contributed by atoms with Crippen LogP contribution in [0, 0.1) is 13.8 Å². The Hall–Kier alpha value is -2.59. The Balaban J connectivity index is 1.74. The molecule has 1 amide bonds. The summed E-state index contributed by atoms with van der Waals surface area (Å²) in [7, 11) is 1.32. The Bertz CT molecular complexity index is 1020. The maximum absolute atomic E-state index is 12.5. The Morgan fingerprint density at radius 1 is 1.34 bits per heavy atom. The molecule has 1 N–H and O–H groups in total. The molecule has 0 saturated heterocycles. The van der Waals surface area contributed by atoms with Gasteiger partial charge in [-0.2, -0.15) is 0 Å². The highest BCUT2D eigenvalue weighted by molar-refractivity contribution is 7.99.